The minimum Gasteiger partial charge on any atom is -0.383 e. The van der Waals surface area contributed by atoms with Gasteiger partial charge in [0.15, 0.2) is 0 Å². The molecule has 2 rings (SSSR count). The highest BCUT2D eigenvalue weighted by molar-refractivity contribution is 7.54. The van der Waals surface area contributed by atoms with Gasteiger partial charge in [0.05, 0.1) is 25.9 Å². The van der Waals surface area contributed by atoms with E-state index in [0.717, 1.165) is 11.1 Å². The Hall–Kier alpha value is -1.49. The van der Waals surface area contributed by atoms with E-state index in [2.05, 4.69) is 5.32 Å². The highest BCUT2D eigenvalue weighted by Gasteiger charge is 2.38. The lowest BCUT2D eigenvalue weighted by molar-refractivity contribution is 0.157. The van der Waals surface area contributed by atoms with Crippen LogP contribution < -0.4 is 5.32 Å². The van der Waals surface area contributed by atoms with Crippen molar-refractivity contribution in [1.29, 1.82) is 0 Å². The number of rotatable bonds is 11. The molecule has 0 amide bonds. The summed E-state index contributed by atoms with van der Waals surface area (Å²) in [7, 11) is -1.76. The molecule has 142 valence electrons. The average Bonchev–Trinajstić information content (AvgIpc) is 2.67. The van der Waals surface area contributed by atoms with Crippen LogP contribution in [0.3, 0.4) is 0 Å². The summed E-state index contributed by atoms with van der Waals surface area (Å²) in [5.74, 6) is -0.594. The van der Waals surface area contributed by atoms with E-state index in [1.54, 1.807) is 7.11 Å². The van der Waals surface area contributed by atoms with E-state index in [1.165, 1.54) is 0 Å². The third-order valence-corrected chi connectivity index (χ3v) is 6.26. The van der Waals surface area contributed by atoms with Crippen molar-refractivity contribution in [2.24, 2.45) is 0 Å². The number of benzene rings is 2. The van der Waals surface area contributed by atoms with Crippen molar-refractivity contribution < 1.29 is 18.3 Å². The van der Waals surface area contributed by atoms with Crippen LogP contribution in [0.15, 0.2) is 60.7 Å². The van der Waals surface area contributed by atoms with Crippen molar-refractivity contribution in [2.75, 3.05) is 26.9 Å². The zero-order valence-corrected chi connectivity index (χ0v) is 16.5. The van der Waals surface area contributed by atoms with Crippen molar-refractivity contribution >= 4 is 7.60 Å². The molecule has 2 atom stereocenters. The molecule has 0 unspecified atom stereocenters. The van der Waals surface area contributed by atoms with Crippen LogP contribution in [-0.4, -0.2) is 26.9 Å². The van der Waals surface area contributed by atoms with Gasteiger partial charge in [0.1, 0.15) is 5.78 Å². The van der Waals surface area contributed by atoms with Crippen LogP contribution in [-0.2, 0) is 18.3 Å². The molecule has 0 saturated heterocycles. The smallest absolute Gasteiger partial charge is 0.351 e. The van der Waals surface area contributed by atoms with Crippen LogP contribution in [0.1, 0.15) is 36.8 Å². The van der Waals surface area contributed by atoms with Crippen LogP contribution in [0.25, 0.3) is 0 Å². The molecule has 1 N–H and O–H groups in total. The summed E-state index contributed by atoms with van der Waals surface area (Å²) in [6.07, 6.45) is 0. The van der Waals surface area contributed by atoms with Gasteiger partial charge >= 0.3 is 7.60 Å². The van der Waals surface area contributed by atoms with Gasteiger partial charge in [-0.25, -0.2) is 0 Å². The van der Waals surface area contributed by atoms with Crippen molar-refractivity contribution in [1.82, 2.24) is 5.32 Å². The first-order chi connectivity index (χ1) is 12.6. The molecule has 0 saturated carbocycles. The summed E-state index contributed by atoms with van der Waals surface area (Å²) in [5, 5.41) is 3.46. The molecule has 0 spiro atoms. The first-order valence-corrected chi connectivity index (χ1v) is 10.5. The van der Waals surface area contributed by atoms with Gasteiger partial charge in [-0.3, -0.25) is 9.88 Å². The second-order valence-electron chi connectivity index (χ2n) is 5.77. The van der Waals surface area contributed by atoms with Crippen LogP contribution in [0.5, 0.6) is 0 Å². The lowest BCUT2D eigenvalue weighted by Gasteiger charge is -2.31. The highest BCUT2D eigenvalue weighted by atomic mass is 31.2. The maximum Gasteiger partial charge on any atom is 0.351 e. The topological polar surface area (TPSA) is 56.8 Å². The Morgan fingerprint density at radius 1 is 0.885 bits per heavy atom. The molecule has 0 aromatic heterocycles. The minimum absolute atomic E-state index is 0.152. The zero-order chi connectivity index (χ0) is 18.8. The fourth-order valence-corrected chi connectivity index (χ4v) is 4.83. The van der Waals surface area contributed by atoms with Gasteiger partial charge in [0.2, 0.25) is 0 Å². The molecule has 2 aromatic rings. The lowest BCUT2D eigenvalue weighted by Crippen LogP contribution is -2.30. The van der Waals surface area contributed by atoms with Gasteiger partial charge < -0.3 is 13.8 Å². The van der Waals surface area contributed by atoms with Gasteiger partial charge in [-0.15, -0.1) is 0 Å². The van der Waals surface area contributed by atoms with Crippen molar-refractivity contribution in [2.45, 2.75) is 25.7 Å². The van der Waals surface area contributed by atoms with Gasteiger partial charge in [0, 0.05) is 7.11 Å². The molecule has 2 aromatic carbocycles. The lowest BCUT2D eigenvalue weighted by atomic mass is 10.1. The molecule has 5 nitrogen and oxygen atoms in total. The predicted octanol–water partition coefficient (Wildman–Crippen LogP) is 4.93. The Labute approximate surface area is 156 Å². The second-order valence-corrected chi connectivity index (χ2v) is 7.89. The molecular formula is C20H28NO4P. The third kappa shape index (κ3) is 5.50. The standard InChI is InChI=1S/C20H28NO4P/c1-4-24-26(22,25-5-2)20(18-14-10-7-11-15-18)21-19(16-23-3)17-12-8-6-9-13-17/h6-15,19-21H,4-5,16H2,1-3H3/t19-,20+/m1/s1. The normalized spacial score (nSPS) is 14.1. The Bertz CT molecular complexity index is 671. The van der Waals surface area contributed by atoms with Crippen molar-refractivity contribution in [3.8, 4) is 0 Å². The SMILES string of the molecule is CCOP(=O)(OCC)[C@H](N[C@H](COC)c1ccccc1)c1ccccc1. The van der Waals surface area contributed by atoms with Gasteiger partial charge in [-0.1, -0.05) is 60.7 Å². The van der Waals surface area contributed by atoms with E-state index in [-0.39, 0.29) is 6.04 Å². The van der Waals surface area contributed by atoms with E-state index in [9.17, 15) is 4.57 Å². The average molecular weight is 377 g/mol. The van der Waals surface area contributed by atoms with Crippen LogP contribution in [0.4, 0.5) is 0 Å². The molecule has 0 heterocycles. The molecule has 0 aliphatic heterocycles. The first kappa shape index (κ1) is 20.8. The quantitative estimate of drug-likeness (QED) is 0.563. The molecule has 0 fully saturated rings. The molecule has 0 aliphatic carbocycles. The molecule has 0 radical (unpaired) electrons. The van der Waals surface area contributed by atoms with E-state index < -0.39 is 13.4 Å². The fraction of sp³-hybridized carbons (Fsp3) is 0.400. The molecule has 0 bridgehead atoms. The maximum absolute atomic E-state index is 13.5. The molecular weight excluding hydrogens is 349 g/mol. The van der Waals surface area contributed by atoms with Crippen LogP contribution in [0, 0.1) is 0 Å². The first-order valence-electron chi connectivity index (χ1n) is 8.88. The number of hydrogen-bond acceptors (Lipinski definition) is 5. The predicted molar refractivity (Wildman–Crippen MR) is 104 cm³/mol. The Morgan fingerprint density at radius 3 is 1.85 bits per heavy atom. The van der Waals surface area contributed by atoms with Crippen LogP contribution in [0.2, 0.25) is 0 Å². The molecule has 6 heteroatoms. The van der Waals surface area contributed by atoms with Gasteiger partial charge in [-0.05, 0) is 25.0 Å². The van der Waals surface area contributed by atoms with Crippen molar-refractivity contribution in [3.63, 3.8) is 0 Å². The molecule has 26 heavy (non-hydrogen) atoms. The monoisotopic (exact) mass is 377 g/mol. The number of nitrogens with one attached hydrogen (secondary N) is 1. The van der Waals surface area contributed by atoms with Gasteiger partial charge in [-0.2, -0.15) is 0 Å². The number of ether oxygens (including phenoxy) is 1. The summed E-state index contributed by atoms with van der Waals surface area (Å²) >= 11 is 0. The fourth-order valence-electron chi connectivity index (χ4n) is 2.83. The molecule has 0 aliphatic rings. The Balaban J connectivity index is 2.40. The Kier molecular flexibility index (Phi) is 8.49. The summed E-state index contributed by atoms with van der Waals surface area (Å²) in [4.78, 5) is 0. The van der Waals surface area contributed by atoms with Crippen LogP contribution >= 0.6 is 7.60 Å². The largest absolute Gasteiger partial charge is 0.383 e. The van der Waals surface area contributed by atoms with E-state index >= 15 is 0 Å². The number of methoxy groups -OCH3 is 1. The maximum atomic E-state index is 13.5. The van der Waals surface area contributed by atoms with Gasteiger partial charge in [0.25, 0.3) is 0 Å². The highest BCUT2D eigenvalue weighted by Crippen LogP contribution is 2.60. The van der Waals surface area contributed by atoms with Crippen molar-refractivity contribution in [3.05, 3.63) is 71.8 Å². The summed E-state index contributed by atoms with van der Waals surface area (Å²) in [5.41, 5.74) is 1.91. The zero-order valence-electron chi connectivity index (χ0n) is 15.6. The minimum atomic E-state index is -3.42. The van der Waals surface area contributed by atoms with E-state index in [0.29, 0.717) is 19.8 Å². The summed E-state index contributed by atoms with van der Waals surface area (Å²) in [6.45, 7) is 4.69. The second kappa shape index (κ2) is 10.6. The van der Waals surface area contributed by atoms with E-state index in [1.807, 2.05) is 74.5 Å². The Morgan fingerprint density at radius 2 is 1.38 bits per heavy atom. The number of hydrogen-bond donors (Lipinski definition) is 1. The summed E-state index contributed by atoms with van der Waals surface area (Å²) in [6, 6.07) is 19.4. The summed E-state index contributed by atoms with van der Waals surface area (Å²) < 4.78 is 30.2. The third-order valence-electron chi connectivity index (χ3n) is 3.94. The van der Waals surface area contributed by atoms with E-state index in [4.69, 9.17) is 13.8 Å².